The van der Waals surface area contributed by atoms with Crippen LogP contribution in [-0.4, -0.2) is 11.2 Å². The molecule has 0 aliphatic heterocycles. The first-order valence-electron chi connectivity index (χ1n) is 6.39. The van der Waals surface area contributed by atoms with E-state index >= 15 is 0 Å². The van der Waals surface area contributed by atoms with Gasteiger partial charge in [0.1, 0.15) is 0 Å². The van der Waals surface area contributed by atoms with Gasteiger partial charge in [-0.2, -0.15) is 13.2 Å². The number of alkyl halides is 3. The molecule has 1 aliphatic rings. The Kier molecular flexibility index (Phi) is 4.10. The smallest absolute Gasteiger partial charge is 0.332 e. The van der Waals surface area contributed by atoms with Gasteiger partial charge >= 0.3 is 6.18 Å². The Morgan fingerprint density at radius 3 is 2.59 bits per heavy atom. The van der Waals surface area contributed by atoms with Crippen molar-refractivity contribution in [2.75, 3.05) is 5.32 Å². The average molecular weight is 387 g/mol. The van der Waals surface area contributed by atoms with Crippen LogP contribution >= 0.6 is 27.3 Å². The monoisotopic (exact) mass is 386 g/mol. The highest BCUT2D eigenvalue weighted by Crippen LogP contribution is 2.36. The molecule has 0 radical (unpaired) electrons. The molecular weight excluding hydrogens is 377 g/mol. The molecule has 1 aromatic heterocycles. The SMILES string of the molecule is FC(F)(F)C1=Cc2sc(Nc3ccc(Br)cc3)nc2C=CC1. The molecule has 0 bridgehead atoms. The summed E-state index contributed by atoms with van der Waals surface area (Å²) in [5.74, 6) is 0. The minimum Gasteiger partial charge on any atom is -0.332 e. The third kappa shape index (κ3) is 3.41. The summed E-state index contributed by atoms with van der Waals surface area (Å²) in [7, 11) is 0. The molecule has 22 heavy (non-hydrogen) atoms. The van der Waals surface area contributed by atoms with Crippen molar-refractivity contribution in [3.05, 3.63) is 51.0 Å². The molecule has 0 saturated carbocycles. The van der Waals surface area contributed by atoms with Crippen molar-refractivity contribution < 1.29 is 13.2 Å². The second-order valence-electron chi connectivity index (χ2n) is 4.67. The second kappa shape index (κ2) is 5.89. The summed E-state index contributed by atoms with van der Waals surface area (Å²) in [5, 5.41) is 3.67. The third-order valence-corrected chi connectivity index (χ3v) is 4.52. The van der Waals surface area contributed by atoms with Gasteiger partial charge in [0.25, 0.3) is 0 Å². The van der Waals surface area contributed by atoms with Crippen LogP contribution in [0.1, 0.15) is 17.0 Å². The Balaban J connectivity index is 1.89. The number of aromatic nitrogens is 1. The minimum atomic E-state index is -4.31. The van der Waals surface area contributed by atoms with Crippen molar-refractivity contribution >= 4 is 50.2 Å². The van der Waals surface area contributed by atoms with Crippen LogP contribution in [0.25, 0.3) is 12.2 Å². The van der Waals surface area contributed by atoms with E-state index in [0.717, 1.165) is 10.2 Å². The first kappa shape index (κ1) is 15.3. The Morgan fingerprint density at radius 1 is 1.18 bits per heavy atom. The van der Waals surface area contributed by atoms with E-state index in [9.17, 15) is 13.2 Å². The molecular formula is C15H10BrF3N2S. The molecule has 1 aromatic carbocycles. The lowest BCUT2D eigenvalue weighted by atomic mass is 10.2. The quantitative estimate of drug-likeness (QED) is 0.683. The van der Waals surface area contributed by atoms with Gasteiger partial charge in [0, 0.05) is 15.7 Å². The standard InChI is InChI=1S/C15H10BrF3N2S/c16-10-4-6-11(7-5-10)20-14-21-12-3-1-2-9(15(17,18)19)8-13(12)22-14/h1,3-8H,2H2,(H,20,21). The zero-order valence-electron chi connectivity index (χ0n) is 11.1. The van der Waals surface area contributed by atoms with Crippen LogP contribution in [-0.2, 0) is 0 Å². The number of anilines is 2. The molecule has 1 aliphatic carbocycles. The molecule has 2 nitrogen and oxygen atoms in total. The third-order valence-electron chi connectivity index (χ3n) is 3.06. The zero-order chi connectivity index (χ0) is 15.7. The van der Waals surface area contributed by atoms with Gasteiger partial charge in [-0.3, -0.25) is 0 Å². The first-order chi connectivity index (χ1) is 10.4. The van der Waals surface area contributed by atoms with Gasteiger partial charge in [0.2, 0.25) is 0 Å². The molecule has 0 atom stereocenters. The van der Waals surface area contributed by atoms with Gasteiger partial charge in [-0.15, -0.1) is 0 Å². The zero-order valence-corrected chi connectivity index (χ0v) is 13.5. The fourth-order valence-electron chi connectivity index (χ4n) is 1.99. The number of hydrogen-bond donors (Lipinski definition) is 1. The van der Waals surface area contributed by atoms with Crippen LogP contribution in [0.5, 0.6) is 0 Å². The first-order valence-corrected chi connectivity index (χ1v) is 8.00. The Labute approximate surface area is 137 Å². The largest absolute Gasteiger partial charge is 0.413 e. The average Bonchev–Trinajstić information content (AvgIpc) is 2.70. The normalized spacial score (nSPS) is 14.3. The highest BCUT2D eigenvalue weighted by Gasteiger charge is 2.33. The van der Waals surface area contributed by atoms with Gasteiger partial charge in [0.15, 0.2) is 5.13 Å². The molecule has 2 aromatic rings. The number of thiazole rings is 1. The maximum atomic E-state index is 12.9. The van der Waals surface area contributed by atoms with E-state index in [-0.39, 0.29) is 6.42 Å². The predicted molar refractivity (Wildman–Crippen MR) is 87.2 cm³/mol. The number of hydrogen-bond acceptors (Lipinski definition) is 3. The lowest BCUT2D eigenvalue weighted by Crippen LogP contribution is -2.10. The molecule has 1 N–H and O–H groups in total. The molecule has 1 heterocycles. The summed E-state index contributed by atoms with van der Waals surface area (Å²) < 4.78 is 39.6. The second-order valence-corrected chi connectivity index (χ2v) is 6.62. The van der Waals surface area contributed by atoms with Crippen LogP contribution in [0.4, 0.5) is 24.0 Å². The minimum absolute atomic E-state index is 0.123. The number of nitrogens with zero attached hydrogens (tertiary/aromatic N) is 1. The van der Waals surface area contributed by atoms with Crippen molar-refractivity contribution in [3.8, 4) is 0 Å². The number of rotatable bonds is 2. The molecule has 0 fully saturated rings. The maximum absolute atomic E-state index is 12.9. The summed E-state index contributed by atoms with van der Waals surface area (Å²) >= 11 is 4.55. The van der Waals surface area contributed by atoms with Crippen LogP contribution in [0.2, 0.25) is 0 Å². The molecule has 114 valence electrons. The summed E-state index contributed by atoms with van der Waals surface area (Å²) in [4.78, 5) is 4.86. The van der Waals surface area contributed by atoms with E-state index in [4.69, 9.17) is 0 Å². The van der Waals surface area contributed by atoms with Crippen LogP contribution in [0.15, 0.2) is 40.4 Å². The number of fused-ring (bicyclic) bond motifs is 1. The van der Waals surface area contributed by atoms with Gasteiger partial charge in [0.05, 0.1) is 10.6 Å². The van der Waals surface area contributed by atoms with Gasteiger partial charge < -0.3 is 5.32 Å². The van der Waals surface area contributed by atoms with Crippen LogP contribution in [0, 0.1) is 0 Å². The predicted octanol–water partition coefficient (Wildman–Crippen LogP) is 6.01. The van der Waals surface area contributed by atoms with Gasteiger partial charge in [-0.25, -0.2) is 4.98 Å². The van der Waals surface area contributed by atoms with E-state index in [1.807, 2.05) is 24.3 Å². The van der Waals surface area contributed by atoms with Gasteiger partial charge in [-0.1, -0.05) is 33.3 Å². The van der Waals surface area contributed by atoms with E-state index in [1.165, 1.54) is 23.5 Å². The molecule has 0 saturated heterocycles. The fourth-order valence-corrected chi connectivity index (χ4v) is 3.19. The van der Waals surface area contributed by atoms with E-state index in [0.29, 0.717) is 15.7 Å². The topological polar surface area (TPSA) is 24.9 Å². The number of allylic oxidation sites excluding steroid dienone is 2. The van der Waals surface area contributed by atoms with Crippen molar-refractivity contribution in [1.82, 2.24) is 4.98 Å². The fraction of sp³-hybridized carbons (Fsp3) is 0.133. The van der Waals surface area contributed by atoms with Crippen molar-refractivity contribution in [1.29, 1.82) is 0 Å². The number of benzene rings is 1. The Hall–Kier alpha value is -1.60. The van der Waals surface area contributed by atoms with Crippen molar-refractivity contribution in [2.45, 2.75) is 12.6 Å². The Bertz CT molecular complexity index is 745. The maximum Gasteiger partial charge on any atom is 0.413 e. The molecule has 0 unspecified atom stereocenters. The Morgan fingerprint density at radius 2 is 1.91 bits per heavy atom. The summed E-state index contributed by atoms with van der Waals surface area (Å²) in [5.41, 5.74) is 0.835. The molecule has 3 rings (SSSR count). The summed E-state index contributed by atoms with van der Waals surface area (Å²) in [6.07, 6.45) is -0.126. The molecule has 7 heteroatoms. The van der Waals surface area contributed by atoms with Crippen LogP contribution < -0.4 is 5.32 Å². The summed E-state index contributed by atoms with van der Waals surface area (Å²) in [6.45, 7) is 0. The van der Waals surface area contributed by atoms with E-state index in [1.54, 1.807) is 6.08 Å². The molecule has 0 spiro atoms. The van der Waals surface area contributed by atoms with E-state index in [2.05, 4.69) is 26.2 Å². The summed E-state index contributed by atoms with van der Waals surface area (Å²) in [6, 6.07) is 7.48. The highest BCUT2D eigenvalue weighted by atomic mass is 79.9. The lowest BCUT2D eigenvalue weighted by molar-refractivity contribution is -0.0918. The number of nitrogens with one attached hydrogen (secondary N) is 1. The molecule has 0 amide bonds. The van der Waals surface area contributed by atoms with Crippen LogP contribution in [0.3, 0.4) is 0 Å². The number of halogens is 4. The van der Waals surface area contributed by atoms with Crippen molar-refractivity contribution in [2.24, 2.45) is 0 Å². The van der Waals surface area contributed by atoms with Gasteiger partial charge in [-0.05, 0) is 42.8 Å². The van der Waals surface area contributed by atoms with E-state index < -0.39 is 11.7 Å². The highest BCUT2D eigenvalue weighted by molar-refractivity contribution is 9.10. The lowest BCUT2D eigenvalue weighted by Gasteiger charge is -2.08. The van der Waals surface area contributed by atoms with Crippen molar-refractivity contribution in [3.63, 3.8) is 0 Å².